The number of fused-ring (bicyclic) bond motifs is 1. The zero-order chi connectivity index (χ0) is 20.4. The van der Waals surface area contributed by atoms with E-state index in [0.29, 0.717) is 11.5 Å². The lowest BCUT2D eigenvalue weighted by Gasteiger charge is -2.10. The lowest BCUT2D eigenvalue weighted by atomic mass is 10.1. The molecule has 0 aliphatic carbocycles. The van der Waals surface area contributed by atoms with E-state index >= 15 is 0 Å². The molecule has 0 unspecified atom stereocenters. The Kier molecular flexibility index (Phi) is 5.45. The number of amides is 1. The predicted molar refractivity (Wildman–Crippen MR) is 120 cm³/mol. The van der Waals surface area contributed by atoms with Crippen LogP contribution in [0.15, 0.2) is 64.6 Å². The molecule has 5 nitrogen and oxygen atoms in total. The highest BCUT2D eigenvalue weighted by Crippen LogP contribution is 2.33. The maximum atomic E-state index is 12.5. The summed E-state index contributed by atoms with van der Waals surface area (Å²) in [5, 5.41) is 1.84. The first kappa shape index (κ1) is 19.3. The first-order valence-corrected chi connectivity index (χ1v) is 10.3. The van der Waals surface area contributed by atoms with E-state index in [1.54, 1.807) is 19.0 Å². The van der Waals surface area contributed by atoms with Gasteiger partial charge in [-0.3, -0.25) is 14.7 Å². The van der Waals surface area contributed by atoms with E-state index in [1.807, 2.05) is 49.4 Å². The third-order valence-corrected chi connectivity index (χ3v) is 6.14. The fourth-order valence-corrected chi connectivity index (χ4v) is 4.36. The predicted octanol–water partition coefficient (Wildman–Crippen LogP) is 4.56. The smallest absolute Gasteiger partial charge is 0.266 e. The molecule has 1 amide bonds. The second-order valence-corrected chi connectivity index (χ2v) is 7.90. The summed E-state index contributed by atoms with van der Waals surface area (Å²) < 4.78 is 8.16. The van der Waals surface area contributed by atoms with Crippen molar-refractivity contribution in [1.82, 2.24) is 9.47 Å². The van der Waals surface area contributed by atoms with E-state index in [-0.39, 0.29) is 5.91 Å². The van der Waals surface area contributed by atoms with Crippen molar-refractivity contribution in [3.05, 3.63) is 70.8 Å². The van der Waals surface area contributed by atoms with E-state index in [2.05, 4.69) is 27.9 Å². The lowest BCUT2D eigenvalue weighted by molar-refractivity contribution is -0.121. The quantitative estimate of drug-likeness (QED) is 0.585. The zero-order valence-corrected chi connectivity index (χ0v) is 17.6. The molecule has 2 aromatic carbocycles. The highest BCUT2D eigenvalue weighted by Gasteiger charge is 2.30. The summed E-state index contributed by atoms with van der Waals surface area (Å²) >= 11 is 1.41. The number of likely N-dealkylation sites (N-methyl/N-ethyl adjacent to an activating group) is 1. The van der Waals surface area contributed by atoms with E-state index in [0.717, 1.165) is 39.5 Å². The van der Waals surface area contributed by atoms with Crippen LogP contribution >= 0.6 is 11.8 Å². The van der Waals surface area contributed by atoms with Crippen LogP contribution < -0.4 is 4.74 Å². The lowest BCUT2D eigenvalue weighted by Crippen LogP contribution is -2.23. The number of aliphatic imine (C=N–C) groups is 1. The van der Waals surface area contributed by atoms with Gasteiger partial charge in [-0.25, -0.2) is 0 Å². The number of aryl methyl sites for hydroxylation is 1. The van der Waals surface area contributed by atoms with Gasteiger partial charge in [0.1, 0.15) is 12.4 Å². The Balaban J connectivity index is 1.60. The van der Waals surface area contributed by atoms with Crippen molar-refractivity contribution in [2.45, 2.75) is 13.5 Å². The van der Waals surface area contributed by atoms with Gasteiger partial charge in [0.15, 0.2) is 5.17 Å². The van der Waals surface area contributed by atoms with Crippen LogP contribution in [0, 0.1) is 6.92 Å². The Morgan fingerprint density at radius 3 is 2.66 bits per heavy atom. The molecule has 0 spiro atoms. The molecule has 0 radical (unpaired) electrons. The number of carbonyl (C=O) groups excluding carboxylic acids is 1. The summed E-state index contributed by atoms with van der Waals surface area (Å²) in [5.74, 6) is 0.893. The normalized spacial score (nSPS) is 17.1. The Morgan fingerprint density at radius 1 is 1.14 bits per heavy atom. The van der Waals surface area contributed by atoms with E-state index in [1.165, 1.54) is 11.8 Å². The van der Waals surface area contributed by atoms with Crippen molar-refractivity contribution in [1.29, 1.82) is 0 Å². The number of thioether (sulfide) groups is 1. The highest BCUT2D eigenvalue weighted by molar-refractivity contribution is 8.18. The number of hydrogen-bond acceptors (Lipinski definition) is 4. The van der Waals surface area contributed by atoms with Crippen molar-refractivity contribution in [2.24, 2.45) is 4.99 Å². The number of nitrogens with zero attached hydrogens (tertiary/aromatic N) is 3. The summed E-state index contributed by atoms with van der Waals surface area (Å²) in [7, 11) is 3.46. The molecule has 0 N–H and O–H groups in total. The Hall–Kier alpha value is -2.99. The molecule has 29 heavy (non-hydrogen) atoms. The second-order valence-electron chi connectivity index (χ2n) is 6.89. The largest absolute Gasteiger partial charge is 0.491 e. The van der Waals surface area contributed by atoms with Crippen molar-refractivity contribution in [3.63, 3.8) is 0 Å². The maximum Gasteiger partial charge on any atom is 0.266 e. The molecule has 4 rings (SSSR count). The monoisotopic (exact) mass is 405 g/mol. The average molecular weight is 406 g/mol. The van der Waals surface area contributed by atoms with Crippen molar-refractivity contribution in [2.75, 3.05) is 20.7 Å². The number of amidine groups is 1. The molecule has 0 bridgehead atoms. The van der Waals surface area contributed by atoms with Crippen molar-refractivity contribution in [3.8, 4) is 5.75 Å². The molecule has 6 heteroatoms. The van der Waals surface area contributed by atoms with Crippen LogP contribution in [0.5, 0.6) is 5.75 Å². The Labute approximate surface area is 174 Å². The number of rotatable bonds is 5. The van der Waals surface area contributed by atoms with Gasteiger partial charge in [0, 0.05) is 36.8 Å². The van der Waals surface area contributed by atoms with Crippen LogP contribution in [-0.4, -0.2) is 41.2 Å². The summed E-state index contributed by atoms with van der Waals surface area (Å²) in [4.78, 5) is 19.0. The van der Waals surface area contributed by atoms with Gasteiger partial charge in [-0.15, -0.1) is 0 Å². The minimum atomic E-state index is -0.0182. The molecular formula is C23H23N3O2S. The second kappa shape index (κ2) is 8.17. The van der Waals surface area contributed by atoms with Gasteiger partial charge < -0.3 is 9.30 Å². The van der Waals surface area contributed by atoms with Gasteiger partial charge in [0.2, 0.25) is 0 Å². The Bertz CT molecular complexity index is 1130. The first-order valence-electron chi connectivity index (χ1n) is 9.49. The minimum absolute atomic E-state index is 0.0182. The summed E-state index contributed by atoms with van der Waals surface area (Å²) in [6, 6.07) is 16.3. The van der Waals surface area contributed by atoms with Gasteiger partial charge in [-0.2, -0.15) is 0 Å². The molecule has 0 saturated carbocycles. The molecular weight excluding hydrogens is 382 g/mol. The number of ether oxygens (including phenoxy) is 1. The molecule has 0 atom stereocenters. The van der Waals surface area contributed by atoms with Crippen LogP contribution in [0.3, 0.4) is 0 Å². The van der Waals surface area contributed by atoms with E-state index in [4.69, 9.17) is 4.74 Å². The molecule has 1 aromatic heterocycles. The maximum absolute atomic E-state index is 12.5. The van der Waals surface area contributed by atoms with Crippen LogP contribution in [0.1, 0.15) is 11.1 Å². The van der Waals surface area contributed by atoms with Gasteiger partial charge >= 0.3 is 0 Å². The highest BCUT2D eigenvalue weighted by atomic mass is 32.2. The molecule has 1 saturated heterocycles. The fourth-order valence-electron chi connectivity index (χ4n) is 3.44. The van der Waals surface area contributed by atoms with Crippen LogP contribution in [0.4, 0.5) is 0 Å². The summed E-state index contributed by atoms with van der Waals surface area (Å²) in [6.07, 6.45) is 4.05. The number of carbonyl (C=O) groups is 1. The van der Waals surface area contributed by atoms with Gasteiger partial charge in [0.05, 0.1) is 11.4 Å². The van der Waals surface area contributed by atoms with Crippen LogP contribution in [0.25, 0.3) is 17.0 Å². The van der Waals surface area contributed by atoms with Crippen LogP contribution in [-0.2, 0) is 11.3 Å². The van der Waals surface area contributed by atoms with Crippen molar-refractivity contribution >= 4 is 39.8 Å². The molecule has 3 aromatic rings. The van der Waals surface area contributed by atoms with Gasteiger partial charge in [-0.1, -0.05) is 36.4 Å². The van der Waals surface area contributed by atoms with Crippen LogP contribution in [0.2, 0.25) is 0 Å². The van der Waals surface area contributed by atoms with E-state index < -0.39 is 0 Å². The van der Waals surface area contributed by atoms with Crippen molar-refractivity contribution < 1.29 is 9.53 Å². The molecule has 1 fully saturated rings. The molecule has 1 aliphatic rings. The zero-order valence-electron chi connectivity index (χ0n) is 16.8. The average Bonchev–Trinajstić information content (AvgIpc) is 3.22. The molecule has 1 aliphatic heterocycles. The third kappa shape index (κ3) is 3.80. The Morgan fingerprint density at radius 2 is 1.90 bits per heavy atom. The topological polar surface area (TPSA) is 46.8 Å². The molecule has 2 heterocycles. The number of hydrogen-bond donors (Lipinski definition) is 0. The summed E-state index contributed by atoms with van der Waals surface area (Å²) in [5.41, 5.74) is 3.28. The van der Waals surface area contributed by atoms with Gasteiger partial charge in [-0.05, 0) is 42.5 Å². The fraction of sp³-hybridized carbons (Fsp3) is 0.217. The standard InChI is InChI=1S/C23H23N3O2S/c1-16-8-4-7-11-20(16)28-13-12-26-15-17(18-9-5-6-10-19(18)26)14-21-22(27)25(3)23(24-2)29-21/h4-11,14-15H,12-13H2,1-3H3. The van der Waals surface area contributed by atoms with E-state index in [9.17, 15) is 4.79 Å². The minimum Gasteiger partial charge on any atom is -0.491 e. The molecule has 148 valence electrons. The first-order chi connectivity index (χ1) is 14.1. The van der Waals surface area contributed by atoms with Gasteiger partial charge in [0.25, 0.3) is 5.91 Å². The number of benzene rings is 2. The SMILES string of the molecule is CN=C1SC(=Cc2cn(CCOc3ccccc3C)c3ccccc23)C(=O)N1C. The third-order valence-electron chi connectivity index (χ3n) is 4.98. The number of para-hydroxylation sites is 2. The number of aromatic nitrogens is 1. The summed E-state index contributed by atoms with van der Waals surface area (Å²) in [6.45, 7) is 3.34.